The van der Waals surface area contributed by atoms with E-state index in [0.29, 0.717) is 18.8 Å². The van der Waals surface area contributed by atoms with E-state index in [1.165, 1.54) is 0 Å². The van der Waals surface area contributed by atoms with Crippen molar-refractivity contribution in [3.63, 3.8) is 0 Å². The number of nitrogens with one attached hydrogen (secondary N) is 1. The normalized spacial score (nSPS) is 19.7. The average Bonchev–Trinajstić information content (AvgIpc) is 2.89. The molecule has 0 aromatic rings. The predicted octanol–water partition coefficient (Wildman–Crippen LogP) is 2.96. The Morgan fingerprint density at radius 3 is 2.19 bits per heavy atom. The lowest BCUT2D eigenvalue weighted by Crippen LogP contribution is -2.47. The highest BCUT2D eigenvalue weighted by Gasteiger charge is 2.37. The summed E-state index contributed by atoms with van der Waals surface area (Å²) >= 11 is 0. The zero-order valence-electron chi connectivity index (χ0n) is 14.0. The Morgan fingerprint density at radius 1 is 1.24 bits per heavy atom. The SMILES string of the molecule is CCC(CC)(CNC(=O)N1CCC(C(C)(C)C)C1)C(=O)O. The van der Waals surface area contributed by atoms with Gasteiger partial charge in [0, 0.05) is 19.6 Å². The molecule has 5 nitrogen and oxygen atoms in total. The van der Waals surface area contributed by atoms with Crippen molar-refractivity contribution in [1.29, 1.82) is 0 Å². The summed E-state index contributed by atoms with van der Waals surface area (Å²) in [6, 6.07) is -0.130. The van der Waals surface area contributed by atoms with E-state index >= 15 is 0 Å². The number of nitrogens with zero attached hydrogens (tertiary/aromatic N) is 1. The summed E-state index contributed by atoms with van der Waals surface area (Å²) in [6.07, 6.45) is 2.05. The molecular weight excluding hydrogens is 268 g/mol. The monoisotopic (exact) mass is 298 g/mol. The van der Waals surface area contributed by atoms with Gasteiger partial charge in [0.1, 0.15) is 0 Å². The molecule has 5 heteroatoms. The lowest BCUT2D eigenvalue weighted by Gasteiger charge is -2.29. The van der Waals surface area contributed by atoms with Crippen molar-refractivity contribution in [2.24, 2.45) is 16.7 Å². The molecule has 1 fully saturated rings. The molecule has 0 radical (unpaired) electrons. The molecule has 21 heavy (non-hydrogen) atoms. The van der Waals surface area contributed by atoms with Crippen LogP contribution < -0.4 is 5.32 Å². The molecule has 1 aliphatic rings. The molecule has 1 unspecified atom stereocenters. The smallest absolute Gasteiger partial charge is 0.317 e. The summed E-state index contributed by atoms with van der Waals surface area (Å²) in [4.78, 5) is 25.5. The van der Waals surface area contributed by atoms with Crippen LogP contribution >= 0.6 is 0 Å². The minimum atomic E-state index is -0.848. The summed E-state index contributed by atoms with van der Waals surface area (Å²) in [7, 11) is 0. The van der Waals surface area contributed by atoms with Crippen LogP contribution in [-0.4, -0.2) is 41.6 Å². The van der Waals surface area contributed by atoms with Gasteiger partial charge in [-0.15, -0.1) is 0 Å². The molecule has 0 spiro atoms. The fourth-order valence-electron chi connectivity index (χ4n) is 2.89. The molecule has 0 saturated carbocycles. The van der Waals surface area contributed by atoms with Gasteiger partial charge in [-0.3, -0.25) is 4.79 Å². The zero-order chi connectivity index (χ0) is 16.3. The number of likely N-dealkylation sites (tertiary alicyclic amines) is 1. The molecule has 1 rings (SSSR count). The topological polar surface area (TPSA) is 69.6 Å². The lowest BCUT2D eigenvalue weighted by molar-refractivity contribution is -0.149. The van der Waals surface area contributed by atoms with Gasteiger partial charge in [0.05, 0.1) is 5.41 Å². The number of amides is 2. The molecule has 122 valence electrons. The molecule has 0 aromatic heterocycles. The second-order valence-corrected chi connectivity index (χ2v) is 7.25. The summed E-state index contributed by atoms with van der Waals surface area (Å²) < 4.78 is 0. The second kappa shape index (κ2) is 6.67. The van der Waals surface area contributed by atoms with Gasteiger partial charge in [-0.05, 0) is 30.6 Å². The zero-order valence-corrected chi connectivity index (χ0v) is 14.0. The number of aliphatic carboxylic acids is 1. The van der Waals surface area contributed by atoms with Crippen LogP contribution in [0.4, 0.5) is 4.79 Å². The number of carboxylic acid groups (broad SMARTS) is 1. The summed E-state index contributed by atoms with van der Waals surface area (Å²) in [5.74, 6) is -0.327. The van der Waals surface area contributed by atoms with Crippen molar-refractivity contribution < 1.29 is 14.7 Å². The van der Waals surface area contributed by atoms with Crippen LogP contribution in [0, 0.1) is 16.7 Å². The highest BCUT2D eigenvalue weighted by Crippen LogP contribution is 2.33. The fourth-order valence-corrected chi connectivity index (χ4v) is 2.89. The minimum Gasteiger partial charge on any atom is -0.481 e. The number of carbonyl (C=O) groups is 2. The largest absolute Gasteiger partial charge is 0.481 e. The maximum atomic E-state index is 12.2. The Morgan fingerprint density at radius 2 is 1.81 bits per heavy atom. The number of carboxylic acids is 1. The third kappa shape index (κ3) is 4.11. The predicted molar refractivity (Wildman–Crippen MR) is 83.2 cm³/mol. The van der Waals surface area contributed by atoms with E-state index in [0.717, 1.165) is 19.5 Å². The Balaban J connectivity index is 2.57. The van der Waals surface area contributed by atoms with Crippen molar-refractivity contribution >= 4 is 12.0 Å². The summed E-state index contributed by atoms with van der Waals surface area (Å²) in [6.45, 7) is 12.0. The maximum absolute atomic E-state index is 12.2. The van der Waals surface area contributed by atoms with Gasteiger partial charge in [0.25, 0.3) is 0 Å². The number of rotatable bonds is 5. The Labute approximate surface area is 128 Å². The first kappa shape index (κ1) is 17.8. The Hall–Kier alpha value is -1.26. The molecule has 1 atom stereocenters. The Bertz CT molecular complexity index is 383. The van der Waals surface area contributed by atoms with Crippen LogP contribution in [0.2, 0.25) is 0 Å². The number of hydrogen-bond acceptors (Lipinski definition) is 2. The number of carbonyl (C=O) groups excluding carboxylic acids is 1. The van der Waals surface area contributed by atoms with Gasteiger partial charge in [-0.1, -0.05) is 34.6 Å². The van der Waals surface area contributed by atoms with Gasteiger partial charge >= 0.3 is 12.0 Å². The van der Waals surface area contributed by atoms with Crippen molar-refractivity contribution in [3.8, 4) is 0 Å². The first-order valence-corrected chi connectivity index (χ1v) is 7.92. The second-order valence-electron chi connectivity index (χ2n) is 7.25. The van der Waals surface area contributed by atoms with Crippen molar-refractivity contribution in [2.45, 2.75) is 53.9 Å². The van der Waals surface area contributed by atoms with Gasteiger partial charge in [-0.25, -0.2) is 4.79 Å². The van der Waals surface area contributed by atoms with Crippen LogP contribution in [0.5, 0.6) is 0 Å². The van der Waals surface area contributed by atoms with E-state index in [1.807, 2.05) is 18.7 Å². The Kier molecular flexibility index (Phi) is 5.65. The van der Waals surface area contributed by atoms with Crippen LogP contribution in [0.15, 0.2) is 0 Å². The first-order chi connectivity index (χ1) is 9.66. The number of hydrogen-bond donors (Lipinski definition) is 2. The van der Waals surface area contributed by atoms with Gasteiger partial charge < -0.3 is 15.3 Å². The molecule has 0 bridgehead atoms. The van der Waals surface area contributed by atoms with E-state index in [-0.39, 0.29) is 18.0 Å². The van der Waals surface area contributed by atoms with E-state index in [9.17, 15) is 14.7 Å². The van der Waals surface area contributed by atoms with E-state index in [4.69, 9.17) is 0 Å². The maximum Gasteiger partial charge on any atom is 0.317 e. The molecule has 1 heterocycles. The number of urea groups is 1. The van der Waals surface area contributed by atoms with Gasteiger partial charge in [0.15, 0.2) is 0 Å². The standard InChI is InChI=1S/C16H30N2O3/c1-6-16(7-2,13(19)20)11-17-14(21)18-9-8-12(10-18)15(3,4)5/h12H,6-11H2,1-5H3,(H,17,21)(H,19,20). The van der Waals surface area contributed by atoms with Crippen LogP contribution in [-0.2, 0) is 4.79 Å². The summed E-state index contributed by atoms with van der Waals surface area (Å²) in [5, 5.41) is 12.2. The molecule has 2 amide bonds. The van der Waals surface area contributed by atoms with E-state index in [2.05, 4.69) is 26.1 Å². The molecular formula is C16H30N2O3. The van der Waals surface area contributed by atoms with Gasteiger partial charge in [0.2, 0.25) is 0 Å². The fraction of sp³-hybridized carbons (Fsp3) is 0.875. The molecule has 1 aliphatic heterocycles. The van der Waals surface area contributed by atoms with E-state index < -0.39 is 11.4 Å². The van der Waals surface area contributed by atoms with E-state index in [1.54, 1.807) is 0 Å². The van der Waals surface area contributed by atoms with Crippen molar-refractivity contribution in [2.75, 3.05) is 19.6 Å². The quantitative estimate of drug-likeness (QED) is 0.820. The van der Waals surface area contributed by atoms with Crippen molar-refractivity contribution in [3.05, 3.63) is 0 Å². The average molecular weight is 298 g/mol. The van der Waals surface area contributed by atoms with Crippen LogP contribution in [0.1, 0.15) is 53.9 Å². The molecule has 0 aliphatic carbocycles. The molecule has 2 N–H and O–H groups in total. The highest BCUT2D eigenvalue weighted by molar-refractivity contribution is 5.78. The van der Waals surface area contributed by atoms with Crippen molar-refractivity contribution in [1.82, 2.24) is 10.2 Å². The first-order valence-electron chi connectivity index (χ1n) is 7.92. The van der Waals surface area contributed by atoms with Crippen LogP contribution in [0.3, 0.4) is 0 Å². The highest BCUT2D eigenvalue weighted by atomic mass is 16.4. The lowest BCUT2D eigenvalue weighted by atomic mass is 9.80. The minimum absolute atomic E-state index is 0.130. The third-order valence-corrected chi connectivity index (χ3v) is 5.09. The third-order valence-electron chi connectivity index (χ3n) is 5.09. The van der Waals surface area contributed by atoms with Gasteiger partial charge in [-0.2, -0.15) is 0 Å². The summed E-state index contributed by atoms with van der Waals surface area (Å²) in [5.41, 5.74) is -0.647. The molecule has 0 aromatic carbocycles. The molecule has 1 saturated heterocycles. The van der Waals surface area contributed by atoms with Crippen LogP contribution in [0.25, 0.3) is 0 Å².